The molecule has 1 rings (SSSR count). The minimum Gasteiger partial charge on any atom is -0.494 e. The molecule has 18 heavy (non-hydrogen) atoms. The van der Waals surface area contributed by atoms with E-state index in [0.717, 1.165) is 0 Å². The van der Waals surface area contributed by atoms with Gasteiger partial charge in [0, 0.05) is 12.0 Å². The van der Waals surface area contributed by atoms with Gasteiger partial charge in [-0.25, -0.2) is 0 Å². The third-order valence-corrected chi connectivity index (χ3v) is 2.36. The Kier molecular flexibility index (Phi) is 5.32. The normalized spacial score (nSPS) is 11.9. The lowest BCUT2D eigenvalue weighted by Crippen LogP contribution is -2.26. The second-order valence-corrected chi connectivity index (χ2v) is 4.02. The van der Waals surface area contributed by atoms with Gasteiger partial charge in [0.15, 0.2) is 5.78 Å². The van der Waals surface area contributed by atoms with E-state index in [1.807, 2.05) is 0 Å². The molecule has 3 N–H and O–H groups in total. The molecule has 1 atom stereocenters. The molecule has 0 bridgehead atoms. The topological polar surface area (TPSA) is 89.6 Å². The van der Waals surface area contributed by atoms with Gasteiger partial charge in [-0.15, -0.1) is 0 Å². The van der Waals surface area contributed by atoms with Gasteiger partial charge >= 0.3 is 5.97 Å². The first-order chi connectivity index (χ1) is 8.50. The molecule has 0 aliphatic carbocycles. The van der Waals surface area contributed by atoms with E-state index < -0.39 is 12.0 Å². The zero-order valence-electron chi connectivity index (χ0n) is 10.3. The Labute approximate surface area is 106 Å². The number of carboxylic acid groups (broad SMARTS) is 1. The van der Waals surface area contributed by atoms with E-state index in [-0.39, 0.29) is 12.2 Å². The van der Waals surface area contributed by atoms with E-state index in [9.17, 15) is 9.59 Å². The van der Waals surface area contributed by atoms with Crippen LogP contribution in [0.25, 0.3) is 0 Å². The van der Waals surface area contributed by atoms with Crippen LogP contribution in [0.3, 0.4) is 0 Å². The van der Waals surface area contributed by atoms with Crippen molar-refractivity contribution in [2.24, 2.45) is 5.73 Å². The number of rotatable bonds is 7. The third-order valence-electron chi connectivity index (χ3n) is 2.36. The molecular weight excluding hydrogens is 234 g/mol. The van der Waals surface area contributed by atoms with E-state index in [0.29, 0.717) is 24.3 Å². The molecule has 5 heteroatoms. The van der Waals surface area contributed by atoms with Crippen molar-refractivity contribution in [2.45, 2.75) is 25.8 Å². The van der Waals surface area contributed by atoms with E-state index in [2.05, 4.69) is 0 Å². The minimum absolute atomic E-state index is 0.0846. The zero-order chi connectivity index (χ0) is 13.5. The molecule has 1 aromatic carbocycles. The highest BCUT2D eigenvalue weighted by Crippen LogP contribution is 2.13. The number of Topliss-reactive ketones (excluding diaryl/α,β-unsaturated/α-hetero) is 1. The molecule has 5 nitrogen and oxygen atoms in total. The van der Waals surface area contributed by atoms with E-state index in [1.165, 1.54) is 0 Å². The van der Waals surface area contributed by atoms with Crippen LogP contribution in [0.15, 0.2) is 24.3 Å². The van der Waals surface area contributed by atoms with Crippen molar-refractivity contribution in [3.8, 4) is 5.75 Å². The first kappa shape index (κ1) is 14.2. The fraction of sp³-hybridized carbons (Fsp3) is 0.385. The molecule has 0 radical (unpaired) electrons. The second kappa shape index (κ2) is 6.76. The van der Waals surface area contributed by atoms with Gasteiger partial charge in [0.25, 0.3) is 0 Å². The fourth-order valence-electron chi connectivity index (χ4n) is 1.39. The third kappa shape index (κ3) is 4.55. The Morgan fingerprint density at radius 2 is 1.94 bits per heavy atom. The number of ether oxygens (including phenoxy) is 1. The fourth-order valence-corrected chi connectivity index (χ4v) is 1.39. The van der Waals surface area contributed by atoms with Gasteiger partial charge in [-0.05, 0) is 37.6 Å². The lowest BCUT2D eigenvalue weighted by molar-refractivity contribution is -0.137. The van der Waals surface area contributed by atoms with Crippen LogP contribution in [0.5, 0.6) is 5.75 Å². The molecule has 98 valence electrons. The summed E-state index contributed by atoms with van der Waals surface area (Å²) in [7, 11) is 0. The lowest BCUT2D eigenvalue weighted by Gasteiger charge is -2.07. The molecule has 0 aliphatic rings. The van der Waals surface area contributed by atoms with Gasteiger partial charge in [0.05, 0.1) is 12.6 Å². The predicted octanol–water partition coefficient (Wildman–Crippen LogP) is 1.46. The lowest BCUT2D eigenvalue weighted by atomic mass is 10.1. The predicted molar refractivity (Wildman–Crippen MR) is 66.8 cm³/mol. The van der Waals surface area contributed by atoms with Crippen molar-refractivity contribution < 1.29 is 19.4 Å². The zero-order valence-corrected chi connectivity index (χ0v) is 10.3. The number of hydrogen-bond donors (Lipinski definition) is 2. The van der Waals surface area contributed by atoms with E-state index >= 15 is 0 Å². The molecule has 0 saturated heterocycles. The summed E-state index contributed by atoms with van der Waals surface area (Å²) >= 11 is 0. The Morgan fingerprint density at radius 1 is 1.33 bits per heavy atom. The van der Waals surface area contributed by atoms with Gasteiger partial charge < -0.3 is 15.6 Å². The highest BCUT2D eigenvalue weighted by molar-refractivity contribution is 5.99. The van der Waals surface area contributed by atoms with Crippen molar-refractivity contribution in [2.75, 3.05) is 6.61 Å². The van der Waals surface area contributed by atoms with Crippen molar-refractivity contribution >= 4 is 11.8 Å². The SMILES string of the molecule is CC(N)C(=O)c1ccc(OCCCC(=O)O)cc1. The summed E-state index contributed by atoms with van der Waals surface area (Å²) in [4.78, 5) is 21.8. The van der Waals surface area contributed by atoms with Gasteiger partial charge in [-0.2, -0.15) is 0 Å². The molecule has 1 aromatic rings. The molecule has 0 heterocycles. The number of hydrogen-bond acceptors (Lipinski definition) is 4. The molecule has 0 fully saturated rings. The maximum absolute atomic E-state index is 11.6. The summed E-state index contributed by atoms with van der Waals surface area (Å²) < 4.78 is 5.35. The van der Waals surface area contributed by atoms with Gasteiger partial charge in [-0.3, -0.25) is 9.59 Å². The minimum atomic E-state index is -0.837. The number of benzene rings is 1. The Bertz CT molecular complexity index is 412. The van der Waals surface area contributed by atoms with Crippen LogP contribution in [-0.2, 0) is 4.79 Å². The Balaban J connectivity index is 2.45. The van der Waals surface area contributed by atoms with E-state index in [1.54, 1.807) is 31.2 Å². The summed E-state index contributed by atoms with van der Waals surface area (Å²) in [6.45, 7) is 1.98. The molecule has 0 spiro atoms. The van der Waals surface area contributed by atoms with Crippen LogP contribution in [-0.4, -0.2) is 29.5 Å². The number of carbonyl (C=O) groups is 2. The standard InChI is InChI=1S/C13H17NO4/c1-9(14)13(17)10-4-6-11(7-5-10)18-8-2-3-12(15)16/h4-7,9H,2-3,8,14H2,1H3,(H,15,16). The maximum atomic E-state index is 11.6. The van der Waals surface area contributed by atoms with E-state index in [4.69, 9.17) is 15.6 Å². The summed E-state index contributed by atoms with van der Waals surface area (Å²) in [6.07, 6.45) is 0.539. The van der Waals surface area contributed by atoms with Crippen LogP contribution >= 0.6 is 0 Å². The number of carboxylic acids is 1. The largest absolute Gasteiger partial charge is 0.494 e. The smallest absolute Gasteiger partial charge is 0.303 e. The number of ketones is 1. The van der Waals surface area contributed by atoms with Crippen LogP contribution < -0.4 is 10.5 Å². The average molecular weight is 251 g/mol. The highest BCUT2D eigenvalue weighted by atomic mass is 16.5. The molecule has 0 aromatic heterocycles. The molecule has 0 aliphatic heterocycles. The monoisotopic (exact) mass is 251 g/mol. The summed E-state index contributed by atoms with van der Waals surface area (Å²) in [5.41, 5.74) is 6.04. The van der Waals surface area contributed by atoms with Crippen molar-refractivity contribution in [1.82, 2.24) is 0 Å². The van der Waals surface area contributed by atoms with Crippen molar-refractivity contribution in [1.29, 1.82) is 0 Å². The molecule has 0 amide bonds. The van der Waals surface area contributed by atoms with Crippen molar-refractivity contribution in [3.05, 3.63) is 29.8 Å². The van der Waals surface area contributed by atoms with Gasteiger partial charge in [0.1, 0.15) is 5.75 Å². The molecular formula is C13H17NO4. The average Bonchev–Trinajstić information content (AvgIpc) is 2.34. The summed E-state index contributed by atoms with van der Waals surface area (Å²) in [6, 6.07) is 6.13. The Morgan fingerprint density at radius 3 is 2.44 bits per heavy atom. The molecule has 1 unspecified atom stereocenters. The summed E-state index contributed by atoms with van der Waals surface area (Å²) in [5, 5.41) is 8.46. The highest BCUT2D eigenvalue weighted by Gasteiger charge is 2.10. The second-order valence-electron chi connectivity index (χ2n) is 4.02. The number of aliphatic carboxylic acids is 1. The van der Waals surface area contributed by atoms with Crippen LogP contribution in [0.2, 0.25) is 0 Å². The van der Waals surface area contributed by atoms with Crippen LogP contribution in [0.1, 0.15) is 30.1 Å². The first-order valence-corrected chi connectivity index (χ1v) is 5.75. The molecule has 0 saturated carbocycles. The number of carbonyl (C=O) groups excluding carboxylic acids is 1. The first-order valence-electron chi connectivity index (χ1n) is 5.75. The van der Waals surface area contributed by atoms with Gasteiger partial charge in [-0.1, -0.05) is 0 Å². The van der Waals surface area contributed by atoms with Crippen molar-refractivity contribution in [3.63, 3.8) is 0 Å². The van der Waals surface area contributed by atoms with Gasteiger partial charge in [0.2, 0.25) is 0 Å². The maximum Gasteiger partial charge on any atom is 0.303 e. The van der Waals surface area contributed by atoms with Crippen LogP contribution in [0.4, 0.5) is 0 Å². The Hall–Kier alpha value is -1.88. The van der Waals surface area contributed by atoms with Crippen LogP contribution in [0, 0.1) is 0 Å². The summed E-state index contributed by atoms with van der Waals surface area (Å²) in [5.74, 6) is -0.342. The quantitative estimate of drug-likeness (QED) is 0.565. The number of nitrogens with two attached hydrogens (primary N) is 1.